The molecular formula is C14H27NO. The van der Waals surface area contributed by atoms with E-state index in [9.17, 15) is 4.79 Å². The Kier molecular flexibility index (Phi) is 4.97. The van der Waals surface area contributed by atoms with Crippen molar-refractivity contribution in [1.82, 2.24) is 4.90 Å². The predicted octanol–water partition coefficient (Wildman–Crippen LogP) is 3.26. The molecule has 0 aromatic rings. The van der Waals surface area contributed by atoms with Gasteiger partial charge in [-0.25, -0.2) is 0 Å². The summed E-state index contributed by atoms with van der Waals surface area (Å²) in [4.78, 5) is 14.7. The van der Waals surface area contributed by atoms with E-state index in [4.69, 9.17) is 0 Å². The second-order valence-corrected chi connectivity index (χ2v) is 5.57. The van der Waals surface area contributed by atoms with E-state index in [2.05, 4.69) is 18.7 Å². The van der Waals surface area contributed by atoms with Crippen LogP contribution in [-0.2, 0) is 4.79 Å². The molecule has 0 aromatic heterocycles. The average Bonchev–Trinajstić information content (AvgIpc) is 2.55. The lowest BCUT2D eigenvalue weighted by molar-refractivity contribution is -0.133. The van der Waals surface area contributed by atoms with Crippen molar-refractivity contribution in [3.63, 3.8) is 0 Å². The molecule has 1 saturated carbocycles. The van der Waals surface area contributed by atoms with Crippen molar-refractivity contribution in [3.8, 4) is 0 Å². The molecule has 0 bridgehead atoms. The van der Waals surface area contributed by atoms with Crippen molar-refractivity contribution in [2.24, 2.45) is 5.92 Å². The number of carbonyl (C=O) groups is 1. The minimum atomic E-state index is -0.255. The van der Waals surface area contributed by atoms with Crippen LogP contribution in [0.4, 0.5) is 0 Å². The topological polar surface area (TPSA) is 20.3 Å². The second kappa shape index (κ2) is 5.81. The van der Waals surface area contributed by atoms with Gasteiger partial charge in [0.05, 0.1) is 5.54 Å². The van der Waals surface area contributed by atoms with Crippen LogP contribution in [0.5, 0.6) is 0 Å². The van der Waals surface area contributed by atoms with Gasteiger partial charge in [-0.3, -0.25) is 9.69 Å². The van der Waals surface area contributed by atoms with Gasteiger partial charge in [0, 0.05) is 5.92 Å². The molecule has 2 heteroatoms. The monoisotopic (exact) mass is 225 g/mol. The molecule has 1 aliphatic carbocycles. The van der Waals surface area contributed by atoms with E-state index in [0.717, 1.165) is 19.3 Å². The molecule has 94 valence electrons. The molecule has 0 amide bonds. The van der Waals surface area contributed by atoms with E-state index < -0.39 is 0 Å². The smallest absolute Gasteiger partial charge is 0.155 e. The molecule has 1 fully saturated rings. The number of hydrogen-bond acceptors (Lipinski definition) is 2. The zero-order valence-corrected chi connectivity index (χ0v) is 11.4. The summed E-state index contributed by atoms with van der Waals surface area (Å²) in [5.74, 6) is 0.789. The quantitative estimate of drug-likeness (QED) is 0.684. The number of rotatable bonds is 4. The third-order valence-corrected chi connectivity index (χ3v) is 4.43. The Hall–Kier alpha value is -0.370. The highest BCUT2D eigenvalue weighted by Gasteiger charge is 2.37. The van der Waals surface area contributed by atoms with Gasteiger partial charge >= 0.3 is 0 Å². The van der Waals surface area contributed by atoms with Crippen LogP contribution in [0, 0.1) is 5.92 Å². The largest absolute Gasteiger partial charge is 0.297 e. The fraction of sp³-hybridized carbons (Fsp3) is 0.929. The molecule has 16 heavy (non-hydrogen) atoms. The van der Waals surface area contributed by atoms with Gasteiger partial charge in [-0.15, -0.1) is 0 Å². The van der Waals surface area contributed by atoms with Crippen LogP contribution in [0.2, 0.25) is 0 Å². The number of nitrogens with zero attached hydrogens (tertiary/aromatic N) is 1. The van der Waals surface area contributed by atoms with Crippen LogP contribution in [0.25, 0.3) is 0 Å². The summed E-state index contributed by atoms with van der Waals surface area (Å²) in [7, 11) is 4.05. The molecule has 0 N–H and O–H groups in total. The lowest BCUT2D eigenvalue weighted by Crippen LogP contribution is -2.50. The molecular weight excluding hydrogens is 198 g/mol. The maximum atomic E-state index is 12.6. The molecule has 2 nitrogen and oxygen atoms in total. The molecule has 0 saturated heterocycles. The zero-order chi connectivity index (χ0) is 12.2. The fourth-order valence-electron chi connectivity index (χ4n) is 2.69. The molecule has 1 unspecified atom stereocenters. The Morgan fingerprint density at radius 1 is 1.19 bits per heavy atom. The first-order valence-electron chi connectivity index (χ1n) is 6.74. The van der Waals surface area contributed by atoms with Crippen LogP contribution in [0.1, 0.15) is 58.8 Å². The van der Waals surface area contributed by atoms with Gasteiger partial charge in [-0.05, 0) is 40.3 Å². The predicted molar refractivity (Wildman–Crippen MR) is 68.6 cm³/mol. The summed E-state index contributed by atoms with van der Waals surface area (Å²) < 4.78 is 0. The Bertz CT molecular complexity index is 229. The van der Waals surface area contributed by atoms with Crippen molar-refractivity contribution in [2.45, 2.75) is 64.3 Å². The van der Waals surface area contributed by atoms with Gasteiger partial charge in [0.1, 0.15) is 0 Å². The van der Waals surface area contributed by atoms with Gasteiger partial charge < -0.3 is 0 Å². The van der Waals surface area contributed by atoms with Crippen LogP contribution in [0.15, 0.2) is 0 Å². The highest BCUT2D eigenvalue weighted by Crippen LogP contribution is 2.30. The third-order valence-electron chi connectivity index (χ3n) is 4.43. The van der Waals surface area contributed by atoms with Crippen LogP contribution in [-0.4, -0.2) is 30.3 Å². The normalized spacial score (nSPS) is 22.8. The van der Waals surface area contributed by atoms with Gasteiger partial charge in [-0.1, -0.05) is 32.6 Å². The highest BCUT2D eigenvalue weighted by molar-refractivity contribution is 5.90. The molecule has 1 rings (SSSR count). The number of carbonyl (C=O) groups excluding carboxylic acids is 1. The minimum Gasteiger partial charge on any atom is -0.297 e. The number of ketones is 1. The van der Waals surface area contributed by atoms with E-state index in [0.29, 0.717) is 11.7 Å². The van der Waals surface area contributed by atoms with Gasteiger partial charge in [-0.2, -0.15) is 0 Å². The molecule has 0 aliphatic heterocycles. The lowest BCUT2D eigenvalue weighted by Gasteiger charge is -2.36. The Balaban J connectivity index is 2.73. The zero-order valence-electron chi connectivity index (χ0n) is 11.4. The van der Waals surface area contributed by atoms with E-state index in [-0.39, 0.29) is 5.54 Å². The van der Waals surface area contributed by atoms with E-state index in [1.54, 1.807) is 0 Å². The van der Waals surface area contributed by atoms with Gasteiger partial charge in [0.2, 0.25) is 0 Å². The van der Waals surface area contributed by atoms with E-state index in [1.807, 2.05) is 14.1 Å². The summed E-state index contributed by atoms with van der Waals surface area (Å²) in [6.45, 7) is 4.22. The second-order valence-electron chi connectivity index (χ2n) is 5.57. The van der Waals surface area contributed by atoms with Gasteiger partial charge in [0.15, 0.2) is 5.78 Å². The van der Waals surface area contributed by atoms with Crippen molar-refractivity contribution < 1.29 is 4.79 Å². The van der Waals surface area contributed by atoms with Crippen molar-refractivity contribution in [3.05, 3.63) is 0 Å². The average molecular weight is 225 g/mol. The molecule has 0 aromatic carbocycles. The SMILES string of the molecule is CCC(C)(C(=O)C1CCCCCC1)N(C)C. The van der Waals surface area contributed by atoms with Crippen molar-refractivity contribution in [2.75, 3.05) is 14.1 Å². The van der Waals surface area contributed by atoms with E-state index >= 15 is 0 Å². The Labute approximate surface area is 100 Å². The fourth-order valence-corrected chi connectivity index (χ4v) is 2.69. The Morgan fingerprint density at radius 3 is 2.06 bits per heavy atom. The van der Waals surface area contributed by atoms with Crippen molar-refractivity contribution in [1.29, 1.82) is 0 Å². The van der Waals surface area contributed by atoms with Gasteiger partial charge in [0.25, 0.3) is 0 Å². The maximum absolute atomic E-state index is 12.6. The summed E-state index contributed by atoms with van der Waals surface area (Å²) in [5.41, 5.74) is -0.255. The van der Waals surface area contributed by atoms with E-state index in [1.165, 1.54) is 25.7 Å². The highest BCUT2D eigenvalue weighted by atomic mass is 16.1. The minimum absolute atomic E-state index is 0.255. The number of hydrogen-bond donors (Lipinski definition) is 0. The first-order valence-corrected chi connectivity index (χ1v) is 6.74. The first-order chi connectivity index (χ1) is 7.52. The molecule has 1 aliphatic rings. The molecule has 0 heterocycles. The standard InChI is InChI=1S/C14H27NO/c1-5-14(2,15(3)4)13(16)12-10-8-6-7-9-11-12/h12H,5-11H2,1-4H3. The van der Waals surface area contributed by atoms with Crippen LogP contribution < -0.4 is 0 Å². The lowest BCUT2D eigenvalue weighted by atomic mass is 9.81. The molecule has 0 radical (unpaired) electrons. The maximum Gasteiger partial charge on any atom is 0.155 e. The Morgan fingerprint density at radius 2 is 1.69 bits per heavy atom. The summed E-state index contributed by atoms with van der Waals surface area (Å²) in [5, 5.41) is 0. The summed E-state index contributed by atoms with van der Waals surface area (Å²) in [6.07, 6.45) is 8.25. The summed E-state index contributed by atoms with van der Waals surface area (Å²) >= 11 is 0. The molecule has 0 spiro atoms. The number of likely N-dealkylation sites (N-methyl/N-ethyl adjacent to an activating group) is 1. The van der Waals surface area contributed by atoms with Crippen LogP contribution in [0.3, 0.4) is 0 Å². The van der Waals surface area contributed by atoms with Crippen LogP contribution >= 0.6 is 0 Å². The summed E-state index contributed by atoms with van der Waals surface area (Å²) in [6, 6.07) is 0. The number of Topliss-reactive ketones (excluding diaryl/α,β-unsaturated/α-hetero) is 1. The van der Waals surface area contributed by atoms with Crippen molar-refractivity contribution >= 4 is 5.78 Å². The first kappa shape index (κ1) is 13.7. The third kappa shape index (κ3) is 2.85. The molecule has 1 atom stereocenters.